The Kier molecular flexibility index (Phi) is 5.35. The SMILES string of the molecule is Cc1cccc(C(=O)OCC(=O)Nc2c(C)nn(-c3ccccc3)c2C)c1. The summed E-state index contributed by atoms with van der Waals surface area (Å²) in [5.74, 6) is -0.933. The van der Waals surface area contributed by atoms with Gasteiger partial charge >= 0.3 is 5.97 Å². The third-order valence-electron chi connectivity index (χ3n) is 4.14. The van der Waals surface area contributed by atoms with Crippen LogP contribution in [0.5, 0.6) is 0 Å². The Morgan fingerprint density at radius 2 is 1.78 bits per heavy atom. The molecule has 0 radical (unpaired) electrons. The molecule has 1 aromatic heterocycles. The van der Waals surface area contributed by atoms with Crippen molar-refractivity contribution in [3.05, 3.63) is 77.1 Å². The summed E-state index contributed by atoms with van der Waals surface area (Å²) in [5, 5.41) is 7.27. The molecule has 0 aliphatic heterocycles. The molecule has 6 heteroatoms. The second kappa shape index (κ2) is 7.86. The minimum absolute atomic E-state index is 0.359. The molecule has 0 aliphatic rings. The minimum atomic E-state index is -0.526. The highest BCUT2D eigenvalue weighted by Crippen LogP contribution is 2.22. The summed E-state index contributed by atoms with van der Waals surface area (Å²) < 4.78 is 6.88. The molecule has 3 rings (SSSR count). The molecule has 0 saturated heterocycles. The first-order valence-corrected chi connectivity index (χ1v) is 8.61. The number of anilines is 1. The molecule has 0 atom stereocenters. The quantitative estimate of drug-likeness (QED) is 0.703. The number of aromatic nitrogens is 2. The predicted octanol–water partition coefficient (Wildman–Crippen LogP) is 3.59. The number of nitrogens with zero attached hydrogens (tertiary/aromatic N) is 2. The zero-order valence-electron chi connectivity index (χ0n) is 15.5. The molecule has 0 spiro atoms. The molecule has 27 heavy (non-hydrogen) atoms. The number of hydrogen-bond acceptors (Lipinski definition) is 4. The number of carbonyl (C=O) groups is 2. The van der Waals surface area contributed by atoms with Gasteiger partial charge in [0.2, 0.25) is 0 Å². The van der Waals surface area contributed by atoms with E-state index in [1.807, 2.05) is 57.2 Å². The van der Waals surface area contributed by atoms with Gasteiger partial charge in [-0.25, -0.2) is 9.48 Å². The zero-order valence-corrected chi connectivity index (χ0v) is 15.5. The van der Waals surface area contributed by atoms with Crippen molar-refractivity contribution in [2.45, 2.75) is 20.8 Å². The van der Waals surface area contributed by atoms with Crippen LogP contribution in [0.15, 0.2) is 54.6 Å². The molecule has 0 fully saturated rings. The van der Waals surface area contributed by atoms with Crippen LogP contribution >= 0.6 is 0 Å². The second-order valence-electron chi connectivity index (χ2n) is 6.29. The van der Waals surface area contributed by atoms with E-state index in [4.69, 9.17) is 4.74 Å². The Labute approximate surface area is 157 Å². The van der Waals surface area contributed by atoms with Crippen molar-refractivity contribution in [3.63, 3.8) is 0 Å². The highest BCUT2D eigenvalue weighted by molar-refractivity contribution is 5.96. The van der Waals surface area contributed by atoms with Crippen LogP contribution in [0.4, 0.5) is 5.69 Å². The Morgan fingerprint density at radius 1 is 1.04 bits per heavy atom. The fourth-order valence-electron chi connectivity index (χ4n) is 2.81. The monoisotopic (exact) mass is 363 g/mol. The van der Waals surface area contributed by atoms with Crippen molar-refractivity contribution in [1.82, 2.24) is 9.78 Å². The summed E-state index contributed by atoms with van der Waals surface area (Å²) >= 11 is 0. The Bertz CT molecular complexity index is 978. The van der Waals surface area contributed by atoms with Crippen LogP contribution in [0.2, 0.25) is 0 Å². The minimum Gasteiger partial charge on any atom is -0.452 e. The molecule has 2 aromatic carbocycles. The fourth-order valence-corrected chi connectivity index (χ4v) is 2.81. The maximum absolute atomic E-state index is 12.2. The number of benzene rings is 2. The van der Waals surface area contributed by atoms with Gasteiger partial charge in [0.25, 0.3) is 5.91 Å². The van der Waals surface area contributed by atoms with Crippen LogP contribution in [0.1, 0.15) is 27.3 Å². The largest absolute Gasteiger partial charge is 0.452 e. The molecule has 0 aliphatic carbocycles. The first kappa shape index (κ1) is 18.4. The van der Waals surface area contributed by atoms with E-state index < -0.39 is 11.9 Å². The van der Waals surface area contributed by atoms with Gasteiger partial charge in [-0.1, -0.05) is 35.9 Å². The molecular weight excluding hydrogens is 342 g/mol. The third kappa shape index (κ3) is 4.23. The van der Waals surface area contributed by atoms with Crippen LogP contribution in [0.25, 0.3) is 5.69 Å². The lowest BCUT2D eigenvalue weighted by Gasteiger charge is -2.08. The Hall–Kier alpha value is -3.41. The highest BCUT2D eigenvalue weighted by atomic mass is 16.5. The molecule has 1 N–H and O–H groups in total. The maximum Gasteiger partial charge on any atom is 0.338 e. The first-order valence-electron chi connectivity index (χ1n) is 8.61. The average Bonchev–Trinajstić information content (AvgIpc) is 2.95. The van der Waals surface area contributed by atoms with E-state index in [2.05, 4.69) is 10.4 Å². The molecule has 3 aromatic rings. The number of nitrogens with one attached hydrogen (secondary N) is 1. The summed E-state index contributed by atoms with van der Waals surface area (Å²) in [6, 6.07) is 16.7. The van der Waals surface area contributed by atoms with E-state index in [0.29, 0.717) is 16.9 Å². The van der Waals surface area contributed by atoms with Crippen molar-refractivity contribution in [2.24, 2.45) is 0 Å². The number of rotatable bonds is 5. The number of amides is 1. The molecule has 0 unspecified atom stereocenters. The summed E-state index contributed by atoms with van der Waals surface area (Å²) in [5.41, 5.74) is 4.40. The van der Waals surface area contributed by atoms with E-state index >= 15 is 0 Å². The lowest BCUT2D eigenvalue weighted by Crippen LogP contribution is -2.21. The van der Waals surface area contributed by atoms with Crippen LogP contribution in [-0.4, -0.2) is 28.3 Å². The van der Waals surface area contributed by atoms with Crippen molar-refractivity contribution < 1.29 is 14.3 Å². The van der Waals surface area contributed by atoms with Crippen molar-refractivity contribution in [3.8, 4) is 5.69 Å². The van der Waals surface area contributed by atoms with Crippen molar-refractivity contribution in [1.29, 1.82) is 0 Å². The van der Waals surface area contributed by atoms with E-state index in [-0.39, 0.29) is 6.61 Å². The normalized spacial score (nSPS) is 10.5. The van der Waals surface area contributed by atoms with Gasteiger partial charge in [-0.15, -0.1) is 0 Å². The molecule has 138 valence electrons. The molecule has 0 saturated carbocycles. The summed E-state index contributed by atoms with van der Waals surface area (Å²) in [6.07, 6.45) is 0. The first-order chi connectivity index (χ1) is 13.0. The van der Waals surface area contributed by atoms with E-state index in [1.165, 1.54) is 0 Å². The van der Waals surface area contributed by atoms with Gasteiger partial charge in [0, 0.05) is 0 Å². The number of esters is 1. The molecule has 0 bridgehead atoms. The van der Waals surface area contributed by atoms with Gasteiger partial charge < -0.3 is 10.1 Å². The zero-order chi connectivity index (χ0) is 19.4. The third-order valence-corrected chi connectivity index (χ3v) is 4.14. The van der Waals surface area contributed by atoms with Gasteiger partial charge in [0.15, 0.2) is 6.61 Å². The average molecular weight is 363 g/mol. The summed E-state index contributed by atoms with van der Waals surface area (Å²) in [4.78, 5) is 24.3. The van der Waals surface area contributed by atoms with Crippen molar-refractivity contribution >= 4 is 17.6 Å². The van der Waals surface area contributed by atoms with Gasteiger partial charge in [-0.3, -0.25) is 4.79 Å². The Morgan fingerprint density at radius 3 is 2.48 bits per heavy atom. The second-order valence-corrected chi connectivity index (χ2v) is 6.29. The van der Waals surface area contributed by atoms with Crippen LogP contribution < -0.4 is 5.32 Å². The summed E-state index contributed by atoms with van der Waals surface area (Å²) in [7, 11) is 0. The van der Waals surface area contributed by atoms with Crippen LogP contribution in [0.3, 0.4) is 0 Å². The van der Waals surface area contributed by atoms with Gasteiger partial charge in [0.05, 0.1) is 28.3 Å². The van der Waals surface area contributed by atoms with Gasteiger partial charge in [0.1, 0.15) is 0 Å². The number of aryl methyl sites for hydroxylation is 2. The molecular formula is C21H21N3O3. The lowest BCUT2D eigenvalue weighted by molar-refractivity contribution is -0.119. The van der Waals surface area contributed by atoms with Crippen LogP contribution in [-0.2, 0) is 9.53 Å². The predicted molar refractivity (Wildman–Crippen MR) is 103 cm³/mol. The van der Waals surface area contributed by atoms with Crippen molar-refractivity contribution in [2.75, 3.05) is 11.9 Å². The van der Waals surface area contributed by atoms with Crippen LogP contribution in [0, 0.1) is 20.8 Å². The maximum atomic E-state index is 12.2. The number of para-hydroxylation sites is 1. The number of carbonyl (C=O) groups excluding carboxylic acids is 2. The van der Waals surface area contributed by atoms with E-state index in [0.717, 1.165) is 16.9 Å². The standard InChI is InChI=1S/C21H21N3O3/c1-14-8-7-9-17(12-14)21(26)27-13-19(25)22-20-15(2)23-24(16(20)3)18-10-5-4-6-11-18/h4-12H,13H2,1-3H3,(H,22,25). The smallest absolute Gasteiger partial charge is 0.338 e. The Balaban J connectivity index is 1.66. The van der Waals surface area contributed by atoms with Gasteiger partial charge in [-0.2, -0.15) is 5.10 Å². The fraction of sp³-hybridized carbons (Fsp3) is 0.190. The number of hydrogen-bond donors (Lipinski definition) is 1. The topological polar surface area (TPSA) is 73.2 Å². The lowest BCUT2D eigenvalue weighted by atomic mass is 10.1. The summed E-state index contributed by atoms with van der Waals surface area (Å²) in [6.45, 7) is 5.23. The van der Waals surface area contributed by atoms with Gasteiger partial charge in [-0.05, 0) is 45.0 Å². The van der Waals surface area contributed by atoms with E-state index in [1.54, 1.807) is 22.9 Å². The van der Waals surface area contributed by atoms with E-state index in [9.17, 15) is 9.59 Å². The number of ether oxygens (including phenoxy) is 1. The molecule has 1 heterocycles. The highest BCUT2D eigenvalue weighted by Gasteiger charge is 2.16. The molecule has 1 amide bonds. The molecule has 6 nitrogen and oxygen atoms in total.